The van der Waals surface area contributed by atoms with Crippen LogP contribution in [0.1, 0.15) is 28.8 Å². The fraction of sp³-hybridized carbons (Fsp3) is 0.500. The van der Waals surface area contributed by atoms with Gasteiger partial charge in [-0.05, 0) is 31.9 Å². The van der Waals surface area contributed by atoms with E-state index in [0.717, 1.165) is 12.0 Å². The number of carbonyl (C=O) groups is 1. The van der Waals surface area contributed by atoms with Crippen molar-refractivity contribution < 1.29 is 19.4 Å². The maximum atomic E-state index is 12.0. The van der Waals surface area contributed by atoms with Gasteiger partial charge in [-0.2, -0.15) is 0 Å². The van der Waals surface area contributed by atoms with Crippen molar-refractivity contribution >= 4 is 5.91 Å². The zero-order valence-electron chi connectivity index (χ0n) is 11.7. The van der Waals surface area contributed by atoms with Crippen molar-refractivity contribution in [2.75, 3.05) is 27.4 Å². The number of nitrogens with one attached hydrogen (secondary N) is 1. The number of benzene rings is 1. The summed E-state index contributed by atoms with van der Waals surface area (Å²) >= 11 is 0. The van der Waals surface area contributed by atoms with Gasteiger partial charge in [0.2, 0.25) is 0 Å². The number of rotatable bonds is 7. The Morgan fingerprint density at radius 3 is 2.26 bits per heavy atom. The predicted octanol–water partition coefficient (Wildman–Crippen LogP) is 1.51. The molecule has 0 atom stereocenters. The predicted molar refractivity (Wildman–Crippen MR) is 72.9 cm³/mol. The summed E-state index contributed by atoms with van der Waals surface area (Å²) in [5.74, 6) is 1.08. The molecule has 0 aliphatic heterocycles. The molecule has 0 fully saturated rings. The molecule has 0 bridgehead atoms. The molecule has 1 aromatic rings. The minimum absolute atomic E-state index is 0.141. The van der Waals surface area contributed by atoms with Gasteiger partial charge in [-0.1, -0.05) is 0 Å². The average Bonchev–Trinajstić information content (AvgIpc) is 2.43. The van der Waals surface area contributed by atoms with Crippen LogP contribution in [0.5, 0.6) is 11.5 Å². The van der Waals surface area contributed by atoms with Crippen LogP contribution in [0.2, 0.25) is 0 Å². The van der Waals surface area contributed by atoms with Crippen molar-refractivity contribution in [3.8, 4) is 11.5 Å². The zero-order chi connectivity index (χ0) is 14.3. The molecule has 5 heteroatoms. The lowest BCUT2D eigenvalue weighted by atomic mass is 10.1. The van der Waals surface area contributed by atoms with Crippen LogP contribution in [0.3, 0.4) is 0 Å². The van der Waals surface area contributed by atoms with E-state index in [2.05, 4.69) is 5.32 Å². The van der Waals surface area contributed by atoms with Crippen LogP contribution in [-0.4, -0.2) is 38.4 Å². The van der Waals surface area contributed by atoms with Crippen molar-refractivity contribution in [3.05, 3.63) is 23.3 Å². The van der Waals surface area contributed by atoms with Gasteiger partial charge in [-0.25, -0.2) is 0 Å². The van der Waals surface area contributed by atoms with E-state index in [1.807, 2.05) is 6.92 Å². The second kappa shape index (κ2) is 7.63. The van der Waals surface area contributed by atoms with Gasteiger partial charge in [0.15, 0.2) is 0 Å². The molecule has 19 heavy (non-hydrogen) atoms. The van der Waals surface area contributed by atoms with Crippen LogP contribution in [0, 0.1) is 6.92 Å². The molecule has 0 aromatic heterocycles. The highest BCUT2D eigenvalue weighted by atomic mass is 16.5. The standard InChI is InChI=1S/C14H21NO4/c1-10-12(18-2)8-11(9-13(10)19-3)14(17)15-6-4-5-7-16/h8-9,16H,4-7H2,1-3H3,(H,15,17). The third-order valence-electron chi connectivity index (χ3n) is 2.88. The summed E-state index contributed by atoms with van der Waals surface area (Å²) in [6, 6.07) is 3.39. The Morgan fingerprint density at radius 2 is 1.79 bits per heavy atom. The maximum absolute atomic E-state index is 12.0. The summed E-state index contributed by atoms with van der Waals surface area (Å²) in [5.41, 5.74) is 1.37. The van der Waals surface area contributed by atoms with Crippen molar-refractivity contribution in [2.45, 2.75) is 19.8 Å². The van der Waals surface area contributed by atoms with E-state index in [1.54, 1.807) is 26.4 Å². The molecule has 0 aliphatic rings. The SMILES string of the molecule is COc1cc(C(=O)NCCCCO)cc(OC)c1C. The summed E-state index contributed by atoms with van der Waals surface area (Å²) in [7, 11) is 3.12. The van der Waals surface area contributed by atoms with Gasteiger partial charge in [0.25, 0.3) is 5.91 Å². The van der Waals surface area contributed by atoms with E-state index in [9.17, 15) is 4.79 Å². The molecule has 106 valence electrons. The van der Waals surface area contributed by atoms with Gasteiger partial charge in [0.1, 0.15) is 11.5 Å². The molecular formula is C14H21NO4. The van der Waals surface area contributed by atoms with Crippen LogP contribution in [0.25, 0.3) is 0 Å². The minimum Gasteiger partial charge on any atom is -0.496 e. The molecule has 5 nitrogen and oxygen atoms in total. The number of hydrogen-bond donors (Lipinski definition) is 2. The second-order valence-corrected chi connectivity index (χ2v) is 4.19. The van der Waals surface area contributed by atoms with E-state index in [-0.39, 0.29) is 12.5 Å². The molecular weight excluding hydrogens is 246 g/mol. The molecule has 0 saturated heterocycles. The first-order valence-electron chi connectivity index (χ1n) is 6.25. The largest absolute Gasteiger partial charge is 0.496 e. The Labute approximate surface area is 113 Å². The van der Waals surface area contributed by atoms with E-state index in [4.69, 9.17) is 14.6 Å². The molecule has 2 N–H and O–H groups in total. The van der Waals surface area contributed by atoms with Crippen LogP contribution >= 0.6 is 0 Å². The Bertz CT molecular complexity index is 406. The van der Waals surface area contributed by atoms with Crippen molar-refractivity contribution in [3.63, 3.8) is 0 Å². The van der Waals surface area contributed by atoms with Gasteiger partial charge in [-0.15, -0.1) is 0 Å². The number of methoxy groups -OCH3 is 2. The monoisotopic (exact) mass is 267 g/mol. The van der Waals surface area contributed by atoms with Gasteiger partial charge < -0.3 is 19.9 Å². The maximum Gasteiger partial charge on any atom is 0.251 e. The third-order valence-corrected chi connectivity index (χ3v) is 2.88. The van der Waals surface area contributed by atoms with Crippen molar-refractivity contribution in [2.24, 2.45) is 0 Å². The summed E-state index contributed by atoms with van der Waals surface area (Å²) in [4.78, 5) is 12.0. The topological polar surface area (TPSA) is 67.8 Å². The molecule has 0 unspecified atom stereocenters. The van der Waals surface area contributed by atoms with Crippen LogP contribution in [-0.2, 0) is 0 Å². The highest BCUT2D eigenvalue weighted by Crippen LogP contribution is 2.29. The molecule has 1 rings (SSSR count). The van der Waals surface area contributed by atoms with Gasteiger partial charge >= 0.3 is 0 Å². The Morgan fingerprint density at radius 1 is 1.21 bits per heavy atom. The van der Waals surface area contributed by atoms with Crippen molar-refractivity contribution in [1.29, 1.82) is 0 Å². The van der Waals surface area contributed by atoms with E-state index < -0.39 is 0 Å². The fourth-order valence-electron chi connectivity index (χ4n) is 1.76. The number of ether oxygens (including phenoxy) is 2. The smallest absolute Gasteiger partial charge is 0.251 e. The number of hydrogen-bond acceptors (Lipinski definition) is 4. The average molecular weight is 267 g/mol. The molecule has 0 spiro atoms. The lowest BCUT2D eigenvalue weighted by molar-refractivity contribution is 0.0951. The van der Waals surface area contributed by atoms with Gasteiger partial charge in [-0.3, -0.25) is 4.79 Å². The third kappa shape index (κ3) is 4.13. The summed E-state index contributed by atoms with van der Waals surface area (Å²) in [5, 5.41) is 11.5. The second-order valence-electron chi connectivity index (χ2n) is 4.19. The molecule has 1 aromatic carbocycles. The number of aliphatic hydroxyl groups is 1. The normalized spacial score (nSPS) is 10.1. The fourth-order valence-corrected chi connectivity index (χ4v) is 1.76. The number of aliphatic hydroxyl groups excluding tert-OH is 1. The molecule has 0 aliphatic carbocycles. The summed E-state index contributed by atoms with van der Waals surface area (Å²) < 4.78 is 10.5. The Kier molecular flexibility index (Phi) is 6.15. The molecule has 0 saturated carbocycles. The molecule has 1 amide bonds. The Balaban J connectivity index is 2.79. The molecule has 0 radical (unpaired) electrons. The minimum atomic E-state index is -0.172. The first kappa shape index (κ1) is 15.3. The van der Waals surface area contributed by atoms with E-state index in [0.29, 0.717) is 30.0 Å². The van der Waals surface area contributed by atoms with Crippen LogP contribution < -0.4 is 14.8 Å². The quantitative estimate of drug-likeness (QED) is 0.735. The number of unbranched alkanes of at least 4 members (excludes halogenated alkanes) is 1. The summed E-state index contributed by atoms with van der Waals surface area (Å²) in [6.45, 7) is 2.56. The van der Waals surface area contributed by atoms with Gasteiger partial charge in [0.05, 0.1) is 14.2 Å². The van der Waals surface area contributed by atoms with Crippen LogP contribution in [0.15, 0.2) is 12.1 Å². The summed E-state index contributed by atoms with van der Waals surface area (Å²) in [6.07, 6.45) is 1.43. The first-order valence-corrected chi connectivity index (χ1v) is 6.25. The van der Waals surface area contributed by atoms with Crippen LogP contribution in [0.4, 0.5) is 0 Å². The van der Waals surface area contributed by atoms with Gasteiger partial charge in [0, 0.05) is 24.3 Å². The number of amides is 1. The van der Waals surface area contributed by atoms with E-state index in [1.165, 1.54) is 0 Å². The lowest BCUT2D eigenvalue weighted by Gasteiger charge is -2.12. The highest BCUT2D eigenvalue weighted by Gasteiger charge is 2.13. The highest BCUT2D eigenvalue weighted by molar-refractivity contribution is 5.95. The number of carbonyl (C=O) groups excluding carboxylic acids is 1. The molecule has 0 heterocycles. The van der Waals surface area contributed by atoms with E-state index >= 15 is 0 Å². The lowest BCUT2D eigenvalue weighted by Crippen LogP contribution is -2.24. The zero-order valence-corrected chi connectivity index (χ0v) is 11.7. The first-order chi connectivity index (χ1) is 9.13. The van der Waals surface area contributed by atoms with Crippen molar-refractivity contribution in [1.82, 2.24) is 5.32 Å². The Hall–Kier alpha value is -1.75.